The standard InChI is InChI=1S/C10H20N2O2/c1-3-8(11)10(13)12-9-4-5-14-6-7(9)2/h7-9H,3-6,11H2,1-2H3,(H,12,13)/t7?,8-,9?/m0/s1. The van der Waals surface area contributed by atoms with Gasteiger partial charge in [0, 0.05) is 12.6 Å². The summed E-state index contributed by atoms with van der Waals surface area (Å²) < 4.78 is 5.30. The van der Waals surface area contributed by atoms with Crippen LogP contribution in [0.3, 0.4) is 0 Å². The first-order valence-corrected chi connectivity index (χ1v) is 5.28. The Morgan fingerprint density at radius 2 is 2.43 bits per heavy atom. The molecule has 0 radical (unpaired) electrons. The molecule has 82 valence electrons. The third kappa shape index (κ3) is 2.96. The van der Waals surface area contributed by atoms with Gasteiger partial charge in [0.15, 0.2) is 0 Å². The fourth-order valence-corrected chi connectivity index (χ4v) is 1.57. The fourth-order valence-electron chi connectivity index (χ4n) is 1.57. The van der Waals surface area contributed by atoms with Gasteiger partial charge in [0.25, 0.3) is 0 Å². The van der Waals surface area contributed by atoms with Crippen molar-refractivity contribution in [3.05, 3.63) is 0 Å². The molecule has 1 fully saturated rings. The van der Waals surface area contributed by atoms with Crippen molar-refractivity contribution in [3.8, 4) is 0 Å². The Balaban J connectivity index is 2.38. The van der Waals surface area contributed by atoms with Gasteiger partial charge in [-0.25, -0.2) is 0 Å². The second-order valence-corrected chi connectivity index (χ2v) is 3.97. The van der Waals surface area contributed by atoms with Gasteiger partial charge in [-0.05, 0) is 18.8 Å². The summed E-state index contributed by atoms with van der Waals surface area (Å²) in [6.45, 7) is 5.46. The van der Waals surface area contributed by atoms with E-state index in [-0.39, 0.29) is 18.0 Å². The lowest BCUT2D eigenvalue weighted by Gasteiger charge is -2.30. The zero-order valence-electron chi connectivity index (χ0n) is 8.95. The Morgan fingerprint density at radius 1 is 1.71 bits per heavy atom. The Bertz CT molecular complexity index is 197. The minimum absolute atomic E-state index is 0.0359. The maximum Gasteiger partial charge on any atom is 0.237 e. The van der Waals surface area contributed by atoms with Gasteiger partial charge >= 0.3 is 0 Å². The summed E-state index contributed by atoms with van der Waals surface area (Å²) in [7, 11) is 0. The first-order valence-electron chi connectivity index (χ1n) is 5.28. The van der Waals surface area contributed by atoms with Crippen molar-refractivity contribution in [1.82, 2.24) is 5.32 Å². The first-order chi connectivity index (χ1) is 6.65. The SMILES string of the molecule is CC[C@H](N)C(=O)NC1CCOCC1C. The Labute approximate surface area is 85.2 Å². The molecule has 0 aromatic rings. The number of carbonyl (C=O) groups excluding carboxylic acids is 1. The highest BCUT2D eigenvalue weighted by molar-refractivity contribution is 5.81. The zero-order chi connectivity index (χ0) is 10.6. The number of carbonyl (C=O) groups is 1. The number of nitrogens with two attached hydrogens (primary N) is 1. The van der Waals surface area contributed by atoms with Crippen LogP contribution in [0.1, 0.15) is 26.7 Å². The molecule has 4 nitrogen and oxygen atoms in total. The summed E-state index contributed by atoms with van der Waals surface area (Å²) >= 11 is 0. The number of hydrogen-bond donors (Lipinski definition) is 2. The van der Waals surface area contributed by atoms with Gasteiger partial charge in [0.1, 0.15) is 0 Å². The summed E-state index contributed by atoms with van der Waals surface area (Å²) in [5.74, 6) is 0.350. The van der Waals surface area contributed by atoms with Crippen LogP contribution in [0.5, 0.6) is 0 Å². The topological polar surface area (TPSA) is 64.4 Å². The van der Waals surface area contributed by atoms with E-state index in [1.54, 1.807) is 0 Å². The number of rotatable bonds is 3. The first kappa shape index (κ1) is 11.5. The zero-order valence-corrected chi connectivity index (χ0v) is 8.95. The number of nitrogens with one attached hydrogen (secondary N) is 1. The second kappa shape index (κ2) is 5.32. The van der Waals surface area contributed by atoms with Crippen LogP contribution < -0.4 is 11.1 Å². The highest BCUT2D eigenvalue weighted by atomic mass is 16.5. The average Bonchev–Trinajstić information content (AvgIpc) is 2.20. The van der Waals surface area contributed by atoms with Gasteiger partial charge in [0.2, 0.25) is 5.91 Å². The quantitative estimate of drug-likeness (QED) is 0.687. The maximum absolute atomic E-state index is 11.5. The number of hydrogen-bond acceptors (Lipinski definition) is 3. The second-order valence-electron chi connectivity index (χ2n) is 3.97. The third-order valence-electron chi connectivity index (χ3n) is 2.75. The minimum atomic E-state index is -0.370. The van der Waals surface area contributed by atoms with Crippen LogP contribution in [0, 0.1) is 5.92 Å². The lowest BCUT2D eigenvalue weighted by atomic mass is 9.97. The van der Waals surface area contributed by atoms with E-state index in [1.807, 2.05) is 6.92 Å². The monoisotopic (exact) mass is 200 g/mol. The molecule has 1 saturated heterocycles. The molecule has 1 aliphatic rings. The molecule has 1 rings (SSSR count). The molecule has 0 aromatic heterocycles. The van der Waals surface area contributed by atoms with E-state index in [4.69, 9.17) is 10.5 Å². The van der Waals surface area contributed by atoms with Crippen LogP contribution in [-0.2, 0) is 9.53 Å². The van der Waals surface area contributed by atoms with Crippen molar-refractivity contribution < 1.29 is 9.53 Å². The Morgan fingerprint density at radius 3 is 3.00 bits per heavy atom. The number of ether oxygens (including phenoxy) is 1. The molecule has 1 heterocycles. The van der Waals surface area contributed by atoms with E-state index in [1.165, 1.54) is 0 Å². The molecular weight excluding hydrogens is 180 g/mol. The summed E-state index contributed by atoms with van der Waals surface area (Å²) in [5.41, 5.74) is 5.64. The van der Waals surface area contributed by atoms with Gasteiger partial charge in [-0.1, -0.05) is 13.8 Å². The van der Waals surface area contributed by atoms with Crippen molar-refractivity contribution in [1.29, 1.82) is 0 Å². The van der Waals surface area contributed by atoms with Crippen LogP contribution in [0.15, 0.2) is 0 Å². The van der Waals surface area contributed by atoms with Gasteiger partial charge in [-0.2, -0.15) is 0 Å². The van der Waals surface area contributed by atoms with Crippen molar-refractivity contribution in [2.24, 2.45) is 11.7 Å². The maximum atomic E-state index is 11.5. The average molecular weight is 200 g/mol. The van der Waals surface area contributed by atoms with E-state index >= 15 is 0 Å². The van der Waals surface area contributed by atoms with E-state index in [0.29, 0.717) is 12.3 Å². The van der Waals surface area contributed by atoms with E-state index in [0.717, 1.165) is 19.6 Å². The number of amides is 1. The van der Waals surface area contributed by atoms with Gasteiger partial charge < -0.3 is 15.8 Å². The van der Waals surface area contributed by atoms with Crippen LogP contribution in [0.2, 0.25) is 0 Å². The summed E-state index contributed by atoms with van der Waals surface area (Å²) in [6, 6.07) is -0.140. The highest BCUT2D eigenvalue weighted by Crippen LogP contribution is 2.13. The van der Waals surface area contributed by atoms with Gasteiger partial charge in [-0.3, -0.25) is 4.79 Å². The molecule has 1 aliphatic heterocycles. The minimum Gasteiger partial charge on any atom is -0.381 e. The van der Waals surface area contributed by atoms with Crippen LogP contribution in [-0.4, -0.2) is 31.2 Å². The molecule has 0 bridgehead atoms. The molecular formula is C10H20N2O2. The van der Waals surface area contributed by atoms with Crippen molar-refractivity contribution >= 4 is 5.91 Å². The Kier molecular flexibility index (Phi) is 4.35. The van der Waals surface area contributed by atoms with Crippen molar-refractivity contribution in [2.75, 3.05) is 13.2 Å². The lowest BCUT2D eigenvalue weighted by Crippen LogP contribution is -2.50. The van der Waals surface area contributed by atoms with Crippen LogP contribution >= 0.6 is 0 Å². The lowest BCUT2D eigenvalue weighted by molar-refractivity contribution is -0.124. The summed E-state index contributed by atoms with van der Waals surface area (Å²) in [5, 5.41) is 2.98. The van der Waals surface area contributed by atoms with E-state index < -0.39 is 0 Å². The van der Waals surface area contributed by atoms with Crippen LogP contribution in [0.25, 0.3) is 0 Å². The van der Waals surface area contributed by atoms with Crippen molar-refractivity contribution in [3.63, 3.8) is 0 Å². The molecule has 1 amide bonds. The molecule has 0 saturated carbocycles. The van der Waals surface area contributed by atoms with E-state index in [2.05, 4.69) is 12.2 Å². The predicted octanol–water partition coefficient (Wildman–Crippen LogP) is 0.265. The fraction of sp³-hybridized carbons (Fsp3) is 0.900. The third-order valence-corrected chi connectivity index (χ3v) is 2.75. The summed E-state index contributed by atoms with van der Waals surface area (Å²) in [4.78, 5) is 11.5. The van der Waals surface area contributed by atoms with Crippen molar-refractivity contribution in [2.45, 2.75) is 38.8 Å². The molecule has 14 heavy (non-hydrogen) atoms. The smallest absolute Gasteiger partial charge is 0.237 e. The predicted molar refractivity (Wildman–Crippen MR) is 54.8 cm³/mol. The molecule has 4 heteroatoms. The highest BCUT2D eigenvalue weighted by Gasteiger charge is 2.24. The molecule has 0 spiro atoms. The molecule has 2 unspecified atom stereocenters. The molecule has 3 N–H and O–H groups in total. The largest absolute Gasteiger partial charge is 0.381 e. The van der Waals surface area contributed by atoms with Gasteiger partial charge in [0.05, 0.1) is 12.6 Å². The molecule has 0 aromatic carbocycles. The van der Waals surface area contributed by atoms with Crippen LogP contribution in [0.4, 0.5) is 0 Å². The Hall–Kier alpha value is -0.610. The van der Waals surface area contributed by atoms with E-state index in [9.17, 15) is 4.79 Å². The molecule has 0 aliphatic carbocycles. The molecule has 3 atom stereocenters. The normalized spacial score (nSPS) is 29.6. The summed E-state index contributed by atoms with van der Waals surface area (Å²) in [6.07, 6.45) is 1.58. The van der Waals surface area contributed by atoms with Gasteiger partial charge in [-0.15, -0.1) is 0 Å².